The summed E-state index contributed by atoms with van der Waals surface area (Å²) in [5.41, 5.74) is 4.88. The van der Waals surface area contributed by atoms with E-state index in [0.29, 0.717) is 31.5 Å². The SMILES string of the molecule is CC(C)(C)C(=O)N1CCC(C(=O)OCC(=O)c2ccc3c(c2)-c2ccccc2C3)CC1. The first-order valence-corrected chi connectivity index (χ1v) is 10.9. The Morgan fingerprint density at radius 2 is 1.65 bits per heavy atom. The van der Waals surface area contributed by atoms with E-state index in [2.05, 4.69) is 12.1 Å². The summed E-state index contributed by atoms with van der Waals surface area (Å²) in [4.78, 5) is 39.4. The molecule has 1 heterocycles. The van der Waals surface area contributed by atoms with E-state index in [1.54, 1.807) is 0 Å². The second-order valence-electron chi connectivity index (χ2n) is 9.55. The summed E-state index contributed by atoms with van der Waals surface area (Å²) in [6, 6.07) is 13.9. The highest BCUT2D eigenvalue weighted by Crippen LogP contribution is 2.36. The van der Waals surface area contributed by atoms with Gasteiger partial charge in [0.05, 0.1) is 5.92 Å². The number of ketones is 1. The number of fused-ring (bicyclic) bond motifs is 3. The van der Waals surface area contributed by atoms with Crippen LogP contribution in [0.3, 0.4) is 0 Å². The third-order valence-electron chi connectivity index (χ3n) is 6.22. The van der Waals surface area contributed by atoms with Crippen molar-refractivity contribution in [2.24, 2.45) is 11.3 Å². The molecule has 0 radical (unpaired) electrons. The van der Waals surface area contributed by atoms with Crippen LogP contribution in [0.15, 0.2) is 42.5 Å². The lowest BCUT2D eigenvalue weighted by Gasteiger charge is -2.34. The van der Waals surface area contributed by atoms with Crippen LogP contribution in [0, 0.1) is 11.3 Å². The van der Waals surface area contributed by atoms with Crippen LogP contribution in [-0.2, 0) is 20.7 Å². The molecule has 1 fully saturated rings. The fourth-order valence-corrected chi connectivity index (χ4v) is 4.43. The number of esters is 1. The fourth-order valence-electron chi connectivity index (χ4n) is 4.43. The summed E-state index contributed by atoms with van der Waals surface area (Å²) >= 11 is 0. The molecule has 1 aliphatic carbocycles. The number of amides is 1. The predicted molar refractivity (Wildman–Crippen MR) is 119 cm³/mol. The molecule has 0 bridgehead atoms. The van der Waals surface area contributed by atoms with Crippen LogP contribution < -0.4 is 0 Å². The summed E-state index contributed by atoms with van der Waals surface area (Å²) in [6.07, 6.45) is 2.03. The monoisotopic (exact) mass is 419 g/mol. The van der Waals surface area contributed by atoms with Gasteiger partial charge in [-0.2, -0.15) is 0 Å². The summed E-state index contributed by atoms with van der Waals surface area (Å²) in [7, 11) is 0. The van der Waals surface area contributed by atoms with E-state index in [9.17, 15) is 14.4 Å². The van der Waals surface area contributed by atoms with Gasteiger partial charge in [-0.05, 0) is 47.6 Å². The van der Waals surface area contributed by atoms with Crippen LogP contribution in [0.25, 0.3) is 11.1 Å². The van der Waals surface area contributed by atoms with Crippen LogP contribution >= 0.6 is 0 Å². The number of hydrogen-bond acceptors (Lipinski definition) is 4. The molecule has 1 aliphatic heterocycles. The van der Waals surface area contributed by atoms with Crippen molar-refractivity contribution in [3.8, 4) is 11.1 Å². The second-order valence-corrected chi connectivity index (χ2v) is 9.55. The first-order chi connectivity index (χ1) is 14.7. The normalized spacial score (nSPS) is 15.9. The average molecular weight is 420 g/mol. The van der Waals surface area contributed by atoms with Crippen molar-refractivity contribution in [3.63, 3.8) is 0 Å². The van der Waals surface area contributed by atoms with Gasteiger partial charge in [-0.15, -0.1) is 0 Å². The van der Waals surface area contributed by atoms with Gasteiger partial charge in [-0.25, -0.2) is 0 Å². The molecule has 1 saturated heterocycles. The minimum atomic E-state index is -0.420. The minimum absolute atomic E-state index is 0.104. The maximum atomic E-state index is 12.7. The van der Waals surface area contributed by atoms with Crippen molar-refractivity contribution in [1.82, 2.24) is 4.90 Å². The molecule has 0 spiro atoms. The van der Waals surface area contributed by atoms with E-state index in [1.807, 2.05) is 56.0 Å². The van der Waals surface area contributed by atoms with Crippen molar-refractivity contribution >= 4 is 17.7 Å². The smallest absolute Gasteiger partial charge is 0.309 e. The number of piperidine rings is 1. The number of rotatable bonds is 4. The molecule has 2 aromatic carbocycles. The molecule has 1 amide bonds. The molecule has 4 rings (SSSR count). The molecule has 162 valence electrons. The number of hydrogen-bond donors (Lipinski definition) is 0. The standard InChI is InChI=1S/C26H29NO4/c1-26(2,3)25(30)27-12-10-17(11-13-27)24(29)31-16-23(28)20-9-8-19-14-18-6-4-5-7-21(18)22(19)15-20/h4-9,15,17H,10-14,16H2,1-3H3. The first-order valence-electron chi connectivity index (χ1n) is 10.9. The molecule has 2 aliphatic rings. The molecule has 2 aromatic rings. The Morgan fingerprint density at radius 3 is 2.35 bits per heavy atom. The van der Waals surface area contributed by atoms with Gasteiger partial charge in [0.15, 0.2) is 12.4 Å². The van der Waals surface area contributed by atoms with Crippen molar-refractivity contribution in [2.75, 3.05) is 19.7 Å². The third kappa shape index (κ3) is 4.41. The Kier molecular flexibility index (Phi) is 5.69. The molecule has 5 heteroatoms. The molecule has 0 saturated carbocycles. The van der Waals surface area contributed by atoms with Gasteiger partial charge < -0.3 is 9.64 Å². The highest BCUT2D eigenvalue weighted by atomic mass is 16.5. The van der Waals surface area contributed by atoms with E-state index in [1.165, 1.54) is 16.7 Å². The van der Waals surface area contributed by atoms with Crippen molar-refractivity contribution < 1.29 is 19.1 Å². The highest BCUT2D eigenvalue weighted by molar-refractivity contribution is 5.99. The van der Waals surface area contributed by atoms with E-state index in [0.717, 1.165) is 12.0 Å². The van der Waals surface area contributed by atoms with Crippen molar-refractivity contribution in [1.29, 1.82) is 0 Å². The summed E-state index contributed by atoms with van der Waals surface area (Å²) in [5.74, 6) is -0.694. The van der Waals surface area contributed by atoms with E-state index in [4.69, 9.17) is 4.74 Å². The maximum absolute atomic E-state index is 12.7. The number of ether oxygens (including phenoxy) is 1. The maximum Gasteiger partial charge on any atom is 0.309 e. The average Bonchev–Trinajstić information content (AvgIpc) is 3.14. The molecule has 31 heavy (non-hydrogen) atoms. The Labute approximate surface area is 183 Å². The van der Waals surface area contributed by atoms with Gasteiger partial charge >= 0.3 is 5.97 Å². The van der Waals surface area contributed by atoms with Crippen LogP contribution in [0.5, 0.6) is 0 Å². The molecule has 0 N–H and O–H groups in total. The highest BCUT2D eigenvalue weighted by Gasteiger charge is 2.33. The van der Waals surface area contributed by atoms with Gasteiger partial charge in [-0.3, -0.25) is 14.4 Å². The van der Waals surface area contributed by atoms with Crippen LogP contribution in [-0.4, -0.2) is 42.3 Å². The number of Topliss-reactive ketones (excluding diaryl/α,β-unsaturated/α-hetero) is 1. The van der Waals surface area contributed by atoms with Crippen LogP contribution in [0.4, 0.5) is 0 Å². The van der Waals surface area contributed by atoms with Crippen molar-refractivity contribution in [2.45, 2.75) is 40.0 Å². The molecule has 5 nitrogen and oxygen atoms in total. The van der Waals surface area contributed by atoms with E-state index < -0.39 is 5.41 Å². The topological polar surface area (TPSA) is 63.7 Å². The summed E-state index contributed by atoms with van der Waals surface area (Å²) in [5, 5.41) is 0. The Bertz CT molecular complexity index is 1030. The zero-order chi connectivity index (χ0) is 22.2. The predicted octanol–water partition coefficient (Wildman–Crippen LogP) is 4.27. The Balaban J connectivity index is 1.32. The lowest BCUT2D eigenvalue weighted by molar-refractivity contribution is -0.152. The zero-order valence-electron chi connectivity index (χ0n) is 18.4. The third-order valence-corrected chi connectivity index (χ3v) is 6.22. The number of benzene rings is 2. The largest absolute Gasteiger partial charge is 0.457 e. The number of nitrogens with zero attached hydrogens (tertiary/aromatic N) is 1. The molecule has 0 aromatic heterocycles. The van der Waals surface area contributed by atoms with E-state index >= 15 is 0 Å². The van der Waals surface area contributed by atoms with Gasteiger partial charge in [0, 0.05) is 24.1 Å². The first kappa shape index (κ1) is 21.3. The lowest BCUT2D eigenvalue weighted by Crippen LogP contribution is -2.45. The number of carbonyl (C=O) groups is 3. The molecular weight excluding hydrogens is 390 g/mol. The summed E-state index contributed by atoms with van der Waals surface area (Å²) in [6.45, 7) is 6.55. The van der Waals surface area contributed by atoms with Crippen LogP contribution in [0.1, 0.15) is 55.1 Å². The lowest BCUT2D eigenvalue weighted by atomic mass is 9.91. The minimum Gasteiger partial charge on any atom is -0.457 e. The molecule has 0 unspecified atom stereocenters. The summed E-state index contributed by atoms with van der Waals surface area (Å²) < 4.78 is 5.36. The number of carbonyl (C=O) groups excluding carboxylic acids is 3. The Morgan fingerprint density at radius 1 is 0.968 bits per heavy atom. The Hall–Kier alpha value is -2.95. The van der Waals surface area contributed by atoms with Gasteiger partial charge in [-0.1, -0.05) is 57.2 Å². The van der Waals surface area contributed by atoms with Gasteiger partial charge in [0.1, 0.15) is 0 Å². The van der Waals surface area contributed by atoms with Crippen LogP contribution in [0.2, 0.25) is 0 Å². The van der Waals surface area contributed by atoms with E-state index in [-0.39, 0.29) is 30.2 Å². The van der Waals surface area contributed by atoms with Gasteiger partial charge in [0.25, 0.3) is 0 Å². The molecular formula is C26H29NO4. The number of likely N-dealkylation sites (tertiary alicyclic amines) is 1. The van der Waals surface area contributed by atoms with Crippen molar-refractivity contribution in [3.05, 3.63) is 59.2 Å². The molecule has 0 atom stereocenters. The fraction of sp³-hybridized carbons (Fsp3) is 0.423. The van der Waals surface area contributed by atoms with Gasteiger partial charge in [0.2, 0.25) is 5.91 Å². The second kappa shape index (κ2) is 8.29. The quantitative estimate of drug-likeness (QED) is 0.468. The zero-order valence-corrected chi connectivity index (χ0v) is 18.4.